The predicted molar refractivity (Wildman–Crippen MR) is 97.2 cm³/mol. The molecule has 2 aromatic carbocycles. The molecule has 1 aliphatic rings. The van der Waals surface area contributed by atoms with Gasteiger partial charge in [0.2, 0.25) is 0 Å². The van der Waals surface area contributed by atoms with Crippen molar-refractivity contribution in [2.75, 3.05) is 32.8 Å². The molecule has 1 fully saturated rings. The number of nitrogens with zero attached hydrogens (tertiary/aromatic N) is 1. The molecule has 0 aromatic heterocycles. The van der Waals surface area contributed by atoms with Crippen molar-refractivity contribution in [3.8, 4) is 0 Å². The first kappa shape index (κ1) is 17.2. The Morgan fingerprint density at radius 3 is 2.29 bits per heavy atom. The molecule has 1 saturated heterocycles. The predicted octanol–water partition coefficient (Wildman–Crippen LogP) is 3.32. The van der Waals surface area contributed by atoms with E-state index in [9.17, 15) is 5.11 Å². The van der Waals surface area contributed by atoms with Crippen LogP contribution in [0.3, 0.4) is 0 Å². The molecule has 0 unspecified atom stereocenters. The van der Waals surface area contributed by atoms with E-state index in [1.54, 1.807) is 0 Å². The Bertz CT molecular complexity index is 631. The summed E-state index contributed by atoms with van der Waals surface area (Å²) in [6, 6.07) is 18.6. The molecule has 3 nitrogen and oxygen atoms in total. The number of aliphatic hydroxyl groups is 1. The van der Waals surface area contributed by atoms with Crippen LogP contribution in [-0.4, -0.2) is 42.9 Å². The van der Waals surface area contributed by atoms with E-state index in [4.69, 9.17) is 4.74 Å². The average Bonchev–Trinajstić information content (AvgIpc) is 2.61. The standard InChI is InChI=1S/C21H27NO2/c1-17-8-10-19(11-9-17)21(2,23)20(18-6-4-3-5-7-18)16-22-12-14-24-15-13-22/h3-11,20,23H,12-16H2,1-2H3/t20-,21-/m1/s1. The average molecular weight is 325 g/mol. The van der Waals surface area contributed by atoms with E-state index in [0.717, 1.165) is 38.4 Å². The molecule has 0 spiro atoms. The molecule has 0 saturated carbocycles. The largest absolute Gasteiger partial charge is 0.385 e. The Balaban J connectivity index is 1.91. The summed E-state index contributed by atoms with van der Waals surface area (Å²) in [5.41, 5.74) is 2.43. The van der Waals surface area contributed by atoms with Gasteiger partial charge in [-0.1, -0.05) is 60.2 Å². The Labute approximate surface area is 144 Å². The number of hydrogen-bond donors (Lipinski definition) is 1. The van der Waals surface area contributed by atoms with Crippen LogP contribution >= 0.6 is 0 Å². The van der Waals surface area contributed by atoms with Crippen LogP contribution in [0.1, 0.15) is 29.5 Å². The summed E-state index contributed by atoms with van der Waals surface area (Å²) in [7, 11) is 0. The third-order valence-corrected chi connectivity index (χ3v) is 5.06. The fraction of sp³-hybridized carbons (Fsp3) is 0.429. The maximum atomic E-state index is 11.5. The van der Waals surface area contributed by atoms with Crippen molar-refractivity contribution in [1.29, 1.82) is 0 Å². The smallest absolute Gasteiger partial charge is 0.0949 e. The Hall–Kier alpha value is -1.68. The van der Waals surface area contributed by atoms with Crippen LogP contribution in [0.2, 0.25) is 0 Å². The highest BCUT2D eigenvalue weighted by molar-refractivity contribution is 5.32. The fourth-order valence-corrected chi connectivity index (χ4v) is 3.43. The summed E-state index contributed by atoms with van der Waals surface area (Å²) in [5.74, 6) is 0.0134. The lowest BCUT2D eigenvalue weighted by Crippen LogP contribution is -2.43. The molecular weight excluding hydrogens is 298 g/mol. The normalized spacial score (nSPS) is 19.6. The fourth-order valence-electron chi connectivity index (χ4n) is 3.43. The Morgan fingerprint density at radius 1 is 1.04 bits per heavy atom. The van der Waals surface area contributed by atoms with E-state index in [1.165, 1.54) is 11.1 Å². The van der Waals surface area contributed by atoms with E-state index in [2.05, 4.69) is 36.1 Å². The third kappa shape index (κ3) is 3.86. The van der Waals surface area contributed by atoms with Crippen LogP contribution in [-0.2, 0) is 10.3 Å². The lowest BCUT2D eigenvalue weighted by molar-refractivity contribution is -0.0107. The lowest BCUT2D eigenvalue weighted by Gasteiger charge is -2.38. The van der Waals surface area contributed by atoms with Crippen molar-refractivity contribution in [2.45, 2.75) is 25.4 Å². The summed E-state index contributed by atoms with van der Waals surface area (Å²) in [5, 5.41) is 11.5. The molecule has 0 amide bonds. The van der Waals surface area contributed by atoms with Crippen molar-refractivity contribution in [3.63, 3.8) is 0 Å². The summed E-state index contributed by atoms with van der Waals surface area (Å²) < 4.78 is 5.47. The van der Waals surface area contributed by atoms with Crippen molar-refractivity contribution in [1.82, 2.24) is 4.90 Å². The summed E-state index contributed by atoms with van der Waals surface area (Å²) >= 11 is 0. The third-order valence-electron chi connectivity index (χ3n) is 5.06. The monoisotopic (exact) mass is 325 g/mol. The van der Waals surface area contributed by atoms with Gasteiger partial charge >= 0.3 is 0 Å². The quantitative estimate of drug-likeness (QED) is 0.915. The summed E-state index contributed by atoms with van der Waals surface area (Å²) in [6.07, 6.45) is 0. The topological polar surface area (TPSA) is 32.7 Å². The molecule has 1 N–H and O–H groups in total. The van der Waals surface area contributed by atoms with Gasteiger partial charge in [0.25, 0.3) is 0 Å². The van der Waals surface area contributed by atoms with Crippen molar-refractivity contribution >= 4 is 0 Å². The SMILES string of the molecule is Cc1ccc([C@@](C)(O)[C@H](CN2CCOCC2)c2ccccc2)cc1. The number of hydrogen-bond acceptors (Lipinski definition) is 3. The van der Waals surface area contributed by atoms with E-state index in [1.807, 2.05) is 37.3 Å². The van der Waals surface area contributed by atoms with Gasteiger partial charge < -0.3 is 9.84 Å². The second kappa shape index (κ2) is 7.47. The molecule has 3 rings (SSSR count). The molecule has 0 bridgehead atoms. The van der Waals surface area contributed by atoms with Crippen molar-refractivity contribution in [3.05, 3.63) is 71.3 Å². The highest BCUT2D eigenvalue weighted by Gasteiger charge is 2.36. The minimum atomic E-state index is -0.923. The Morgan fingerprint density at radius 2 is 1.67 bits per heavy atom. The van der Waals surface area contributed by atoms with Crippen LogP contribution in [0.5, 0.6) is 0 Å². The second-order valence-corrected chi connectivity index (χ2v) is 6.89. The van der Waals surface area contributed by atoms with Crippen LogP contribution in [0.25, 0.3) is 0 Å². The first-order valence-corrected chi connectivity index (χ1v) is 8.72. The molecule has 1 aliphatic heterocycles. The molecule has 2 atom stereocenters. The maximum Gasteiger partial charge on any atom is 0.0949 e. The van der Waals surface area contributed by atoms with Crippen LogP contribution < -0.4 is 0 Å². The van der Waals surface area contributed by atoms with Gasteiger partial charge in [0, 0.05) is 25.6 Å². The molecule has 2 aromatic rings. The molecular formula is C21H27NO2. The van der Waals surface area contributed by atoms with Gasteiger partial charge in [-0.25, -0.2) is 0 Å². The number of morpholine rings is 1. The number of aryl methyl sites for hydroxylation is 1. The lowest BCUT2D eigenvalue weighted by atomic mass is 9.78. The number of benzene rings is 2. The number of rotatable bonds is 5. The van der Waals surface area contributed by atoms with Gasteiger partial charge in [-0.15, -0.1) is 0 Å². The van der Waals surface area contributed by atoms with Crippen LogP contribution in [0, 0.1) is 6.92 Å². The zero-order valence-corrected chi connectivity index (χ0v) is 14.6. The second-order valence-electron chi connectivity index (χ2n) is 6.89. The molecule has 1 heterocycles. The minimum Gasteiger partial charge on any atom is -0.385 e. The zero-order valence-electron chi connectivity index (χ0n) is 14.6. The van der Waals surface area contributed by atoms with Crippen LogP contribution in [0.15, 0.2) is 54.6 Å². The Kier molecular flexibility index (Phi) is 5.34. The van der Waals surface area contributed by atoms with Gasteiger partial charge in [-0.05, 0) is 25.0 Å². The highest BCUT2D eigenvalue weighted by Crippen LogP contribution is 2.37. The van der Waals surface area contributed by atoms with E-state index < -0.39 is 5.60 Å². The molecule has 24 heavy (non-hydrogen) atoms. The minimum absolute atomic E-state index is 0.0134. The summed E-state index contributed by atoms with van der Waals surface area (Å²) in [4.78, 5) is 2.39. The first-order chi connectivity index (χ1) is 11.6. The molecule has 3 heteroatoms. The van der Waals surface area contributed by atoms with Crippen molar-refractivity contribution in [2.24, 2.45) is 0 Å². The number of ether oxygens (including phenoxy) is 1. The van der Waals surface area contributed by atoms with Crippen LogP contribution in [0.4, 0.5) is 0 Å². The molecule has 128 valence electrons. The van der Waals surface area contributed by atoms with E-state index in [0.29, 0.717) is 0 Å². The summed E-state index contributed by atoms with van der Waals surface area (Å²) in [6.45, 7) is 8.23. The van der Waals surface area contributed by atoms with Gasteiger partial charge in [0.05, 0.1) is 18.8 Å². The van der Waals surface area contributed by atoms with Gasteiger partial charge in [0.1, 0.15) is 0 Å². The molecule has 0 radical (unpaired) electrons. The maximum absolute atomic E-state index is 11.5. The van der Waals surface area contributed by atoms with Crippen molar-refractivity contribution < 1.29 is 9.84 Å². The van der Waals surface area contributed by atoms with E-state index >= 15 is 0 Å². The first-order valence-electron chi connectivity index (χ1n) is 8.72. The van der Waals surface area contributed by atoms with Gasteiger partial charge in [0.15, 0.2) is 0 Å². The zero-order chi connectivity index (χ0) is 17.0. The highest BCUT2D eigenvalue weighted by atomic mass is 16.5. The van der Waals surface area contributed by atoms with Gasteiger partial charge in [-0.3, -0.25) is 4.90 Å². The van der Waals surface area contributed by atoms with Gasteiger partial charge in [-0.2, -0.15) is 0 Å². The molecule has 0 aliphatic carbocycles. The van der Waals surface area contributed by atoms with E-state index in [-0.39, 0.29) is 5.92 Å².